The summed E-state index contributed by atoms with van der Waals surface area (Å²) in [5.74, 6) is 0.873. The molecule has 0 aliphatic carbocycles. The highest BCUT2D eigenvalue weighted by Gasteiger charge is 2.32. The molecule has 1 atom stereocenters. The van der Waals surface area contributed by atoms with Crippen LogP contribution in [0.4, 0.5) is 10.6 Å². The smallest absolute Gasteiger partial charge is 0.321 e. The number of aromatic amines is 1. The fraction of sp³-hybridized carbons (Fsp3) is 0.562. The van der Waals surface area contributed by atoms with E-state index in [2.05, 4.69) is 26.6 Å². The molecule has 1 aliphatic heterocycles. The number of amides is 3. The normalized spacial score (nSPS) is 17.0. The minimum atomic E-state index is -0.422. The first-order chi connectivity index (χ1) is 11.0. The first-order valence-electron chi connectivity index (χ1n) is 8.15. The highest BCUT2D eigenvalue weighted by atomic mass is 16.2. The number of H-pyrrole nitrogens is 1. The summed E-state index contributed by atoms with van der Waals surface area (Å²) in [5.41, 5.74) is 0. The zero-order valence-corrected chi connectivity index (χ0v) is 14.1. The van der Waals surface area contributed by atoms with Crippen molar-refractivity contribution in [2.24, 2.45) is 0 Å². The second-order valence-electron chi connectivity index (χ2n) is 6.23. The molecule has 7 nitrogen and oxygen atoms in total. The molecule has 23 heavy (non-hydrogen) atoms. The van der Waals surface area contributed by atoms with Gasteiger partial charge in [0, 0.05) is 12.1 Å². The molecule has 1 aromatic heterocycles. The number of piperazine rings is 1. The quantitative estimate of drug-likeness (QED) is 0.654. The number of carbonyl (C=O) groups is 2. The highest BCUT2D eigenvalue weighted by molar-refractivity contribution is 5.96. The van der Waals surface area contributed by atoms with E-state index in [1.54, 1.807) is 0 Å². The van der Waals surface area contributed by atoms with Crippen molar-refractivity contribution in [3.05, 3.63) is 24.4 Å². The number of nitrogens with one attached hydrogen (secondary N) is 4. The molecule has 0 unspecified atom stereocenters. The lowest BCUT2D eigenvalue weighted by Gasteiger charge is -2.31. The van der Waals surface area contributed by atoms with Gasteiger partial charge in [-0.2, -0.15) is 0 Å². The lowest BCUT2D eigenvalue weighted by Crippen LogP contribution is -3.19. The minimum absolute atomic E-state index is 0.0103. The van der Waals surface area contributed by atoms with Gasteiger partial charge in [0.1, 0.15) is 26.2 Å². The van der Waals surface area contributed by atoms with Crippen LogP contribution >= 0.6 is 0 Å². The van der Waals surface area contributed by atoms with Gasteiger partial charge in [0.25, 0.3) is 11.7 Å². The molecule has 2 rings (SSSR count). The summed E-state index contributed by atoms with van der Waals surface area (Å²) in [4.78, 5) is 30.5. The lowest BCUT2D eigenvalue weighted by atomic mass is 10.2. The van der Waals surface area contributed by atoms with Crippen molar-refractivity contribution >= 4 is 17.8 Å². The number of hydrogen-bond acceptors (Lipinski definition) is 3. The Morgan fingerprint density at radius 3 is 2.48 bits per heavy atom. The predicted molar refractivity (Wildman–Crippen MR) is 87.2 cm³/mol. The summed E-state index contributed by atoms with van der Waals surface area (Å²) in [6.07, 6.45) is 1.91. The van der Waals surface area contributed by atoms with Gasteiger partial charge in [0.2, 0.25) is 0 Å². The second kappa shape index (κ2) is 7.92. The SMILES string of the molecule is CC(C)NC(=O)NC(=O)[C@@H](C)[NH+]1CCN(c2cccc[nH+]2)CC1. The second-order valence-corrected chi connectivity index (χ2v) is 6.23. The Hall–Kier alpha value is -2.15. The molecule has 7 heteroatoms. The molecule has 0 saturated carbocycles. The zero-order valence-electron chi connectivity index (χ0n) is 14.1. The van der Waals surface area contributed by atoms with Crippen LogP contribution in [0.1, 0.15) is 20.8 Å². The molecular formula is C16H27N5O2+2. The largest absolute Gasteiger partial charge is 0.336 e. The maximum atomic E-state index is 12.2. The van der Waals surface area contributed by atoms with E-state index < -0.39 is 6.03 Å². The van der Waals surface area contributed by atoms with Crippen LogP contribution < -0.4 is 25.4 Å². The number of rotatable bonds is 4. The van der Waals surface area contributed by atoms with Gasteiger partial charge >= 0.3 is 6.03 Å². The molecule has 3 amide bonds. The van der Waals surface area contributed by atoms with E-state index >= 15 is 0 Å². The fourth-order valence-electron chi connectivity index (χ4n) is 2.75. The Labute approximate surface area is 137 Å². The zero-order chi connectivity index (χ0) is 16.8. The molecule has 4 N–H and O–H groups in total. The van der Waals surface area contributed by atoms with E-state index in [1.807, 2.05) is 39.1 Å². The Balaban J connectivity index is 1.82. The molecule has 1 aromatic rings. The monoisotopic (exact) mass is 321 g/mol. The number of nitrogens with zero attached hydrogens (tertiary/aromatic N) is 1. The molecule has 126 valence electrons. The van der Waals surface area contributed by atoms with Crippen molar-refractivity contribution < 1.29 is 19.5 Å². The van der Waals surface area contributed by atoms with E-state index in [9.17, 15) is 9.59 Å². The first kappa shape index (κ1) is 17.2. The van der Waals surface area contributed by atoms with Crippen LogP contribution in [0.5, 0.6) is 0 Å². The molecular weight excluding hydrogens is 294 g/mol. The third-order valence-corrected chi connectivity index (χ3v) is 4.10. The standard InChI is InChI=1S/C16H25N5O2/c1-12(2)18-16(23)19-15(22)13(3)20-8-10-21(11-9-20)14-6-4-5-7-17-14/h4-7,12-13H,8-11H2,1-3H3,(H2,18,19,22,23)/p+2/t13-/m1/s1. The van der Waals surface area contributed by atoms with E-state index in [0.29, 0.717) is 0 Å². The topological polar surface area (TPSA) is 80.0 Å². The van der Waals surface area contributed by atoms with Crippen LogP contribution in [0, 0.1) is 0 Å². The van der Waals surface area contributed by atoms with Gasteiger partial charge in [-0.1, -0.05) is 6.07 Å². The van der Waals surface area contributed by atoms with Crippen LogP contribution in [0.15, 0.2) is 24.4 Å². The third-order valence-electron chi connectivity index (χ3n) is 4.10. The van der Waals surface area contributed by atoms with Crippen molar-refractivity contribution in [2.75, 3.05) is 31.1 Å². The average molecular weight is 321 g/mol. The summed E-state index contributed by atoms with van der Waals surface area (Å²) in [5, 5.41) is 5.09. The van der Waals surface area contributed by atoms with Crippen LogP contribution in [0.25, 0.3) is 0 Å². The van der Waals surface area contributed by atoms with Crippen molar-refractivity contribution in [2.45, 2.75) is 32.9 Å². The van der Waals surface area contributed by atoms with Crippen LogP contribution in [0.3, 0.4) is 0 Å². The Kier molecular flexibility index (Phi) is 5.92. The van der Waals surface area contributed by atoms with Crippen molar-refractivity contribution in [1.82, 2.24) is 10.6 Å². The van der Waals surface area contributed by atoms with Crippen molar-refractivity contribution in [3.8, 4) is 0 Å². The average Bonchev–Trinajstić information content (AvgIpc) is 2.54. The van der Waals surface area contributed by atoms with Crippen LogP contribution in [0.2, 0.25) is 0 Å². The number of pyridine rings is 1. The molecule has 1 saturated heterocycles. The van der Waals surface area contributed by atoms with E-state index in [-0.39, 0.29) is 18.0 Å². The molecule has 0 spiro atoms. The van der Waals surface area contributed by atoms with Gasteiger partial charge < -0.3 is 10.2 Å². The molecule has 1 aliphatic rings. The fourth-order valence-corrected chi connectivity index (χ4v) is 2.75. The number of anilines is 1. The van der Waals surface area contributed by atoms with Crippen LogP contribution in [-0.2, 0) is 4.79 Å². The third kappa shape index (κ3) is 4.92. The summed E-state index contributed by atoms with van der Waals surface area (Å²) >= 11 is 0. The number of quaternary nitrogens is 1. The number of urea groups is 1. The minimum Gasteiger partial charge on any atom is -0.336 e. The van der Waals surface area contributed by atoms with Gasteiger partial charge in [0.15, 0.2) is 6.04 Å². The van der Waals surface area contributed by atoms with Gasteiger partial charge in [0.05, 0.1) is 6.20 Å². The number of imide groups is 1. The van der Waals surface area contributed by atoms with Gasteiger partial charge in [-0.05, 0) is 26.8 Å². The number of aromatic nitrogens is 1. The molecule has 0 radical (unpaired) electrons. The van der Waals surface area contributed by atoms with Gasteiger partial charge in [-0.15, -0.1) is 0 Å². The number of hydrogen-bond donors (Lipinski definition) is 3. The first-order valence-corrected chi connectivity index (χ1v) is 8.15. The molecule has 1 fully saturated rings. The number of carbonyl (C=O) groups excluding carboxylic acids is 2. The maximum absolute atomic E-state index is 12.2. The van der Waals surface area contributed by atoms with E-state index in [0.717, 1.165) is 32.0 Å². The van der Waals surface area contributed by atoms with Crippen molar-refractivity contribution in [3.63, 3.8) is 0 Å². The summed E-state index contributed by atoms with van der Waals surface area (Å²) in [6.45, 7) is 9.08. The lowest BCUT2D eigenvalue weighted by molar-refractivity contribution is -0.914. The van der Waals surface area contributed by atoms with Gasteiger partial charge in [-0.3, -0.25) is 15.0 Å². The van der Waals surface area contributed by atoms with Crippen molar-refractivity contribution in [1.29, 1.82) is 0 Å². The highest BCUT2D eigenvalue weighted by Crippen LogP contribution is 2.04. The summed E-state index contributed by atoms with van der Waals surface area (Å²) in [6, 6.07) is 5.37. The summed E-state index contributed by atoms with van der Waals surface area (Å²) < 4.78 is 0. The predicted octanol–water partition coefficient (Wildman–Crippen LogP) is -1.17. The molecule has 0 aromatic carbocycles. The Morgan fingerprint density at radius 2 is 1.91 bits per heavy atom. The Bertz CT molecular complexity index is 527. The van der Waals surface area contributed by atoms with Gasteiger partial charge in [-0.25, -0.2) is 9.78 Å². The van der Waals surface area contributed by atoms with E-state index in [1.165, 1.54) is 4.90 Å². The van der Waals surface area contributed by atoms with Crippen LogP contribution in [-0.4, -0.2) is 50.2 Å². The summed E-state index contributed by atoms with van der Waals surface area (Å²) in [7, 11) is 0. The molecule has 0 bridgehead atoms. The molecule has 2 heterocycles. The van der Waals surface area contributed by atoms with E-state index in [4.69, 9.17) is 0 Å². The Morgan fingerprint density at radius 1 is 1.22 bits per heavy atom. The maximum Gasteiger partial charge on any atom is 0.321 e.